The van der Waals surface area contributed by atoms with E-state index < -0.39 is 5.97 Å². The molecule has 0 fully saturated rings. The van der Waals surface area contributed by atoms with Gasteiger partial charge in [-0.1, -0.05) is 13.8 Å². The van der Waals surface area contributed by atoms with Crippen molar-refractivity contribution < 1.29 is 9.90 Å². The minimum absolute atomic E-state index is 0.206. The van der Waals surface area contributed by atoms with Gasteiger partial charge in [-0.15, -0.1) is 0 Å². The lowest BCUT2D eigenvalue weighted by atomic mass is 10.0. The molecule has 0 heterocycles. The van der Waals surface area contributed by atoms with Crippen molar-refractivity contribution in [3.05, 3.63) is 0 Å². The maximum absolute atomic E-state index is 10.3. The van der Waals surface area contributed by atoms with Gasteiger partial charge in [-0.2, -0.15) is 11.8 Å². The van der Waals surface area contributed by atoms with Crippen LogP contribution in [0.2, 0.25) is 0 Å². The zero-order valence-corrected chi connectivity index (χ0v) is 10.1. The van der Waals surface area contributed by atoms with Crippen LogP contribution in [0.5, 0.6) is 0 Å². The van der Waals surface area contributed by atoms with Crippen LogP contribution in [0.1, 0.15) is 33.1 Å². The molecule has 0 unspecified atom stereocenters. The van der Waals surface area contributed by atoms with E-state index in [1.54, 1.807) is 0 Å². The average Bonchev–Trinajstić information content (AvgIpc) is 2.19. The van der Waals surface area contributed by atoms with Crippen LogP contribution in [-0.4, -0.2) is 35.2 Å². The van der Waals surface area contributed by atoms with Crippen molar-refractivity contribution in [1.82, 2.24) is 5.32 Å². The highest BCUT2D eigenvalue weighted by Crippen LogP contribution is 2.29. The molecule has 4 heteroatoms. The Morgan fingerprint density at radius 1 is 1.43 bits per heavy atom. The summed E-state index contributed by atoms with van der Waals surface area (Å²) in [5, 5.41) is 11.7. The van der Waals surface area contributed by atoms with E-state index in [0.717, 1.165) is 19.4 Å². The number of thioether (sulfide) groups is 1. The minimum Gasteiger partial charge on any atom is -0.481 e. The van der Waals surface area contributed by atoms with Gasteiger partial charge in [0.1, 0.15) is 0 Å². The smallest absolute Gasteiger partial charge is 0.304 e. The molecule has 0 aromatic carbocycles. The van der Waals surface area contributed by atoms with Crippen LogP contribution in [0.25, 0.3) is 0 Å². The summed E-state index contributed by atoms with van der Waals surface area (Å²) in [5.41, 5.74) is 0. The van der Waals surface area contributed by atoms with Gasteiger partial charge < -0.3 is 10.4 Å². The number of carboxylic acids is 1. The highest BCUT2D eigenvalue weighted by atomic mass is 32.2. The fraction of sp³-hybridized carbons (Fsp3) is 0.900. The van der Waals surface area contributed by atoms with Gasteiger partial charge in [-0.25, -0.2) is 0 Å². The number of hydrogen-bond donors (Lipinski definition) is 2. The first-order valence-corrected chi connectivity index (χ1v) is 6.30. The van der Waals surface area contributed by atoms with Crippen LogP contribution in [0.15, 0.2) is 0 Å². The summed E-state index contributed by atoms with van der Waals surface area (Å²) in [5.74, 6) is -0.736. The lowest BCUT2D eigenvalue weighted by Gasteiger charge is -2.29. The second kappa shape index (κ2) is 7.12. The second-order valence-electron chi connectivity index (χ2n) is 3.41. The monoisotopic (exact) mass is 219 g/mol. The largest absolute Gasteiger partial charge is 0.481 e. The van der Waals surface area contributed by atoms with Gasteiger partial charge in [-0.05, 0) is 19.1 Å². The van der Waals surface area contributed by atoms with Gasteiger partial charge in [0.25, 0.3) is 0 Å². The zero-order valence-electron chi connectivity index (χ0n) is 9.30. The lowest BCUT2D eigenvalue weighted by molar-refractivity contribution is -0.136. The van der Waals surface area contributed by atoms with Crippen molar-refractivity contribution >= 4 is 17.7 Å². The molecule has 0 rings (SSSR count). The summed E-state index contributed by atoms with van der Waals surface area (Å²) < 4.78 is 0.276. The third-order valence-corrected chi connectivity index (χ3v) is 4.27. The molecule has 0 aliphatic rings. The normalized spacial score (nSPS) is 11.6. The Morgan fingerprint density at radius 2 is 2.00 bits per heavy atom. The van der Waals surface area contributed by atoms with Gasteiger partial charge in [-0.3, -0.25) is 4.79 Å². The van der Waals surface area contributed by atoms with Crippen LogP contribution in [-0.2, 0) is 4.79 Å². The van der Waals surface area contributed by atoms with E-state index in [1.165, 1.54) is 0 Å². The summed E-state index contributed by atoms with van der Waals surface area (Å²) in [6, 6.07) is 0. The van der Waals surface area contributed by atoms with Gasteiger partial charge in [0.05, 0.1) is 6.42 Å². The molecule has 84 valence electrons. The van der Waals surface area contributed by atoms with E-state index in [-0.39, 0.29) is 11.2 Å². The standard InChI is InChI=1S/C10H21NO2S/c1-4-10(5-2,14-3)8-11-7-6-9(12)13/h11H,4-8H2,1-3H3,(H,12,13). The Morgan fingerprint density at radius 3 is 2.36 bits per heavy atom. The van der Waals surface area contributed by atoms with Gasteiger partial charge in [0.15, 0.2) is 0 Å². The number of nitrogens with one attached hydrogen (secondary N) is 1. The van der Waals surface area contributed by atoms with Crippen molar-refractivity contribution in [1.29, 1.82) is 0 Å². The molecular formula is C10H21NO2S. The van der Waals surface area contributed by atoms with Gasteiger partial charge in [0, 0.05) is 17.8 Å². The molecule has 0 saturated carbocycles. The van der Waals surface area contributed by atoms with Crippen LogP contribution in [0.4, 0.5) is 0 Å². The molecule has 0 amide bonds. The Labute approximate surface area is 90.7 Å². The molecule has 2 N–H and O–H groups in total. The van der Waals surface area contributed by atoms with E-state index in [9.17, 15) is 4.79 Å². The first-order chi connectivity index (χ1) is 6.60. The quantitative estimate of drug-likeness (QED) is 0.613. The van der Waals surface area contributed by atoms with Crippen LogP contribution in [0.3, 0.4) is 0 Å². The van der Waals surface area contributed by atoms with Crippen molar-refractivity contribution in [2.75, 3.05) is 19.3 Å². The first kappa shape index (κ1) is 13.8. The minimum atomic E-state index is -0.736. The Bertz CT molecular complexity index is 161. The zero-order chi connectivity index (χ0) is 11.0. The fourth-order valence-electron chi connectivity index (χ4n) is 1.37. The third kappa shape index (κ3) is 4.86. The number of aliphatic carboxylic acids is 1. The summed E-state index contributed by atoms with van der Waals surface area (Å²) in [4.78, 5) is 10.3. The Hall–Kier alpha value is -0.220. The number of carboxylic acid groups (broad SMARTS) is 1. The van der Waals surface area contributed by atoms with Crippen molar-refractivity contribution in [2.24, 2.45) is 0 Å². The van der Waals surface area contributed by atoms with E-state index >= 15 is 0 Å². The maximum Gasteiger partial charge on any atom is 0.304 e. The molecule has 0 atom stereocenters. The van der Waals surface area contributed by atoms with Crippen molar-refractivity contribution in [3.8, 4) is 0 Å². The summed E-state index contributed by atoms with van der Waals surface area (Å²) in [6.07, 6.45) is 4.55. The molecule has 0 aliphatic carbocycles. The number of carbonyl (C=O) groups is 1. The van der Waals surface area contributed by atoms with Gasteiger partial charge >= 0.3 is 5.97 Å². The summed E-state index contributed by atoms with van der Waals surface area (Å²) in [6.45, 7) is 5.82. The number of rotatable bonds is 8. The average molecular weight is 219 g/mol. The molecule has 0 aliphatic heterocycles. The van der Waals surface area contributed by atoms with E-state index in [0.29, 0.717) is 6.54 Å². The van der Waals surface area contributed by atoms with E-state index in [2.05, 4.69) is 25.4 Å². The van der Waals surface area contributed by atoms with Crippen molar-refractivity contribution in [3.63, 3.8) is 0 Å². The highest BCUT2D eigenvalue weighted by molar-refractivity contribution is 8.00. The molecule has 0 radical (unpaired) electrons. The lowest BCUT2D eigenvalue weighted by Crippen LogP contribution is -2.37. The van der Waals surface area contributed by atoms with E-state index in [1.807, 2.05) is 11.8 Å². The van der Waals surface area contributed by atoms with Gasteiger partial charge in [0.2, 0.25) is 0 Å². The molecule has 0 saturated heterocycles. The Kier molecular flexibility index (Phi) is 7.01. The molecule has 0 aromatic rings. The van der Waals surface area contributed by atoms with Crippen molar-refractivity contribution in [2.45, 2.75) is 37.9 Å². The summed E-state index contributed by atoms with van der Waals surface area (Å²) >= 11 is 1.87. The second-order valence-corrected chi connectivity index (χ2v) is 4.69. The van der Waals surface area contributed by atoms with Crippen LogP contribution in [0, 0.1) is 0 Å². The predicted octanol–water partition coefficient (Wildman–Crippen LogP) is 1.97. The molecule has 14 heavy (non-hydrogen) atoms. The third-order valence-electron chi connectivity index (χ3n) is 2.68. The number of hydrogen-bond acceptors (Lipinski definition) is 3. The highest BCUT2D eigenvalue weighted by Gasteiger charge is 2.23. The fourth-order valence-corrected chi connectivity index (χ4v) is 2.20. The topological polar surface area (TPSA) is 49.3 Å². The molecule has 0 aromatic heterocycles. The Balaban J connectivity index is 3.77. The SMILES string of the molecule is CCC(CC)(CNCCC(=O)O)SC. The summed E-state index contributed by atoms with van der Waals surface area (Å²) in [7, 11) is 0. The first-order valence-electron chi connectivity index (χ1n) is 5.08. The molecule has 0 spiro atoms. The maximum atomic E-state index is 10.3. The molecule has 3 nitrogen and oxygen atoms in total. The van der Waals surface area contributed by atoms with E-state index in [4.69, 9.17) is 5.11 Å². The predicted molar refractivity (Wildman–Crippen MR) is 62.0 cm³/mol. The van der Waals surface area contributed by atoms with Crippen LogP contribution < -0.4 is 5.32 Å². The molecule has 0 bridgehead atoms. The van der Waals surface area contributed by atoms with Crippen LogP contribution >= 0.6 is 11.8 Å². The molecular weight excluding hydrogens is 198 g/mol.